The molecule has 1 unspecified atom stereocenters. The topological polar surface area (TPSA) is 63.2 Å². The minimum atomic E-state index is -0.103. The molecule has 1 aliphatic rings. The van der Waals surface area contributed by atoms with Crippen LogP contribution < -0.4 is 15.4 Å². The number of aromatic nitrogens is 1. The normalized spacial score (nSPS) is 19.2. The van der Waals surface area contributed by atoms with Gasteiger partial charge in [-0.2, -0.15) is 0 Å². The average molecular weight is 305 g/mol. The lowest BCUT2D eigenvalue weighted by molar-refractivity contribution is -0.118. The first-order valence-electron chi connectivity index (χ1n) is 7.25. The summed E-state index contributed by atoms with van der Waals surface area (Å²) in [6, 6.07) is 5.62. The number of fused-ring (bicyclic) bond motifs is 1. The molecule has 0 bridgehead atoms. The maximum Gasteiger partial charge on any atom is 0.243 e. The molecular weight excluding hydrogens is 286 g/mol. The van der Waals surface area contributed by atoms with Gasteiger partial charge in [0.25, 0.3) is 0 Å². The average Bonchev–Trinajstić information content (AvgIpc) is 2.71. The number of nitrogens with zero attached hydrogens (tertiary/aromatic N) is 1. The zero-order valence-corrected chi connectivity index (χ0v) is 12.8. The van der Waals surface area contributed by atoms with Gasteiger partial charge >= 0.3 is 0 Å². The van der Waals surface area contributed by atoms with Crippen LogP contribution in [0.1, 0.15) is 25.7 Å². The van der Waals surface area contributed by atoms with E-state index in [-0.39, 0.29) is 11.9 Å². The van der Waals surface area contributed by atoms with Crippen molar-refractivity contribution in [3.63, 3.8) is 0 Å². The van der Waals surface area contributed by atoms with Gasteiger partial charge in [-0.3, -0.25) is 4.79 Å². The molecule has 1 atom stereocenters. The highest BCUT2D eigenvalue weighted by Crippen LogP contribution is 2.29. The van der Waals surface area contributed by atoms with Gasteiger partial charge in [-0.25, -0.2) is 4.98 Å². The lowest BCUT2D eigenvalue weighted by Crippen LogP contribution is -2.39. The first kappa shape index (κ1) is 14.3. The van der Waals surface area contributed by atoms with E-state index in [1.54, 1.807) is 7.11 Å². The van der Waals surface area contributed by atoms with E-state index in [0.29, 0.717) is 5.13 Å². The van der Waals surface area contributed by atoms with E-state index >= 15 is 0 Å². The number of hydrogen-bond donors (Lipinski definition) is 2. The largest absolute Gasteiger partial charge is 0.497 e. The second-order valence-electron chi connectivity index (χ2n) is 5.20. The lowest BCUT2D eigenvalue weighted by atomic mass is 10.1. The van der Waals surface area contributed by atoms with Crippen LogP contribution in [0, 0.1) is 0 Å². The number of amides is 1. The number of benzene rings is 1. The number of nitrogens with one attached hydrogen (secondary N) is 2. The smallest absolute Gasteiger partial charge is 0.243 e. The quantitative estimate of drug-likeness (QED) is 0.915. The molecule has 2 heterocycles. The standard InChI is InChI=1S/C15H19N3O2S/c1-20-10-6-7-11-13(9-10)21-15(17-11)18-14(19)12-5-3-2-4-8-16-12/h6-7,9,12,16H,2-5,8H2,1H3,(H,17,18,19). The number of ether oxygens (including phenoxy) is 1. The summed E-state index contributed by atoms with van der Waals surface area (Å²) < 4.78 is 6.22. The number of hydrogen-bond acceptors (Lipinski definition) is 5. The van der Waals surface area contributed by atoms with Crippen molar-refractivity contribution in [2.75, 3.05) is 19.0 Å². The SMILES string of the molecule is COc1ccc2nc(NC(=O)C3CCCCCN3)sc2c1. The van der Waals surface area contributed by atoms with E-state index in [2.05, 4.69) is 15.6 Å². The van der Waals surface area contributed by atoms with E-state index < -0.39 is 0 Å². The van der Waals surface area contributed by atoms with Crippen LogP contribution in [0.2, 0.25) is 0 Å². The van der Waals surface area contributed by atoms with Gasteiger partial charge in [0, 0.05) is 0 Å². The number of carbonyl (C=O) groups excluding carboxylic acids is 1. The molecule has 0 radical (unpaired) electrons. The first-order chi connectivity index (χ1) is 10.3. The molecule has 112 valence electrons. The third-order valence-corrected chi connectivity index (χ3v) is 4.64. The molecule has 0 aliphatic carbocycles. The van der Waals surface area contributed by atoms with Crippen molar-refractivity contribution in [2.45, 2.75) is 31.7 Å². The molecule has 1 saturated heterocycles. The first-order valence-corrected chi connectivity index (χ1v) is 8.07. The van der Waals surface area contributed by atoms with E-state index in [4.69, 9.17) is 4.74 Å². The second-order valence-corrected chi connectivity index (χ2v) is 6.23. The van der Waals surface area contributed by atoms with Crippen molar-refractivity contribution >= 4 is 32.6 Å². The maximum atomic E-state index is 12.3. The summed E-state index contributed by atoms with van der Waals surface area (Å²) in [7, 11) is 1.64. The number of anilines is 1. The fourth-order valence-electron chi connectivity index (χ4n) is 2.53. The predicted molar refractivity (Wildman–Crippen MR) is 85.1 cm³/mol. The molecule has 0 saturated carbocycles. The number of methoxy groups -OCH3 is 1. The molecule has 3 rings (SSSR count). The summed E-state index contributed by atoms with van der Waals surface area (Å²) in [5.74, 6) is 0.817. The highest BCUT2D eigenvalue weighted by molar-refractivity contribution is 7.22. The molecule has 6 heteroatoms. The van der Waals surface area contributed by atoms with Crippen molar-refractivity contribution in [1.82, 2.24) is 10.3 Å². The molecule has 1 aromatic carbocycles. The molecule has 1 fully saturated rings. The van der Waals surface area contributed by atoms with Gasteiger partial charge < -0.3 is 15.4 Å². The summed E-state index contributed by atoms with van der Waals surface area (Å²) in [6.45, 7) is 0.912. The molecular formula is C15H19N3O2S. The highest BCUT2D eigenvalue weighted by atomic mass is 32.1. The number of carbonyl (C=O) groups is 1. The Morgan fingerprint density at radius 2 is 2.33 bits per heavy atom. The Hall–Kier alpha value is -1.66. The molecule has 21 heavy (non-hydrogen) atoms. The zero-order valence-electron chi connectivity index (χ0n) is 12.0. The van der Waals surface area contributed by atoms with Crippen LogP contribution in [-0.4, -0.2) is 30.6 Å². The minimum Gasteiger partial charge on any atom is -0.497 e. The molecule has 0 spiro atoms. The van der Waals surface area contributed by atoms with Crippen LogP contribution in [0.15, 0.2) is 18.2 Å². The molecule has 2 N–H and O–H groups in total. The summed E-state index contributed by atoms with van der Waals surface area (Å²) >= 11 is 1.47. The Morgan fingerprint density at radius 3 is 3.19 bits per heavy atom. The fraction of sp³-hybridized carbons (Fsp3) is 0.467. The van der Waals surface area contributed by atoms with Gasteiger partial charge in [0.2, 0.25) is 5.91 Å². The van der Waals surface area contributed by atoms with E-state index in [0.717, 1.165) is 41.8 Å². The van der Waals surface area contributed by atoms with E-state index in [1.807, 2.05) is 18.2 Å². The van der Waals surface area contributed by atoms with Crippen LogP contribution >= 0.6 is 11.3 Å². The Morgan fingerprint density at radius 1 is 1.43 bits per heavy atom. The summed E-state index contributed by atoms with van der Waals surface area (Å²) in [4.78, 5) is 16.7. The van der Waals surface area contributed by atoms with Gasteiger partial charge in [0.05, 0.1) is 23.4 Å². The van der Waals surface area contributed by atoms with Crippen LogP contribution in [0.4, 0.5) is 5.13 Å². The number of rotatable bonds is 3. The van der Waals surface area contributed by atoms with E-state index in [9.17, 15) is 4.79 Å². The minimum absolute atomic E-state index is 0.0166. The van der Waals surface area contributed by atoms with E-state index in [1.165, 1.54) is 17.8 Å². The Balaban J connectivity index is 1.73. The van der Waals surface area contributed by atoms with Crippen molar-refractivity contribution < 1.29 is 9.53 Å². The molecule has 2 aromatic rings. The predicted octanol–water partition coefficient (Wildman–Crippen LogP) is 2.78. The van der Waals surface area contributed by atoms with Crippen LogP contribution in [0.3, 0.4) is 0 Å². The van der Waals surface area contributed by atoms with Crippen LogP contribution in [-0.2, 0) is 4.79 Å². The Labute approximate surface area is 127 Å². The Kier molecular flexibility index (Phi) is 4.36. The van der Waals surface area contributed by atoms with Crippen molar-refractivity contribution in [3.05, 3.63) is 18.2 Å². The lowest BCUT2D eigenvalue weighted by Gasteiger charge is -2.13. The monoisotopic (exact) mass is 305 g/mol. The van der Waals surface area contributed by atoms with Crippen molar-refractivity contribution in [1.29, 1.82) is 0 Å². The van der Waals surface area contributed by atoms with Crippen LogP contribution in [0.25, 0.3) is 10.2 Å². The fourth-order valence-corrected chi connectivity index (χ4v) is 3.43. The van der Waals surface area contributed by atoms with Crippen molar-refractivity contribution in [3.8, 4) is 5.75 Å². The summed E-state index contributed by atoms with van der Waals surface area (Å²) in [5.41, 5.74) is 0.880. The summed E-state index contributed by atoms with van der Waals surface area (Å²) in [5, 5.41) is 6.88. The second kappa shape index (κ2) is 6.41. The maximum absolute atomic E-state index is 12.3. The highest BCUT2D eigenvalue weighted by Gasteiger charge is 2.20. The van der Waals surface area contributed by atoms with Gasteiger partial charge in [-0.15, -0.1) is 0 Å². The molecule has 1 amide bonds. The van der Waals surface area contributed by atoms with Crippen LogP contribution in [0.5, 0.6) is 5.75 Å². The van der Waals surface area contributed by atoms with Gasteiger partial charge in [-0.05, 0) is 37.6 Å². The molecule has 1 aliphatic heterocycles. The van der Waals surface area contributed by atoms with Gasteiger partial charge in [0.15, 0.2) is 5.13 Å². The number of thiazole rings is 1. The molecule has 5 nitrogen and oxygen atoms in total. The van der Waals surface area contributed by atoms with Gasteiger partial charge in [-0.1, -0.05) is 24.2 Å². The Bertz CT molecular complexity index is 633. The third kappa shape index (κ3) is 3.33. The molecule has 1 aromatic heterocycles. The van der Waals surface area contributed by atoms with Crippen molar-refractivity contribution in [2.24, 2.45) is 0 Å². The van der Waals surface area contributed by atoms with Gasteiger partial charge in [0.1, 0.15) is 5.75 Å². The summed E-state index contributed by atoms with van der Waals surface area (Å²) in [6.07, 6.45) is 4.33. The third-order valence-electron chi connectivity index (χ3n) is 3.70. The zero-order chi connectivity index (χ0) is 14.7.